The number of hydrogen-bond acceptors (Lipinski definition) is 1. The van der Waals surface area contributed by atoms with Crippen LogP contribution >= 0.6 is 0 Å². The first-order valence-electron chi connectivity index (χ1n) is 4.81. The molecule has 0 atom stereocenters. The number of nitrogens with two attached hydrogens (primary N) is 1. The van der Waals surface area contributed by atoms with Crippen LogP contribution in [0.1, 0.15) is 33.3 Å². The van der Waals surface area contributed by atoms with E-state index < -0.39 is 0 Å². The minimum atomic E-state index is 0. The summed E-state index contributed by atoms with van der Waals surface area (Å²) in [4.78, 5) is 0. The van der Waals surface area contributed by atoms with Crippen LogP contribution in [0.15, 0.2) is 24.3 Å². The summed E-state index contributed by atoms with van der Waals surface area (Å²) >= 11 is 0. The topological polar surface area (TPSA) is 26.0 Å². The summed E-state index contributed by atoms with van der Waals surface area (Å²) in [5, 5.41) is 0. The molecule has 0 unspecified atom stereocenters. The summed E-state index contributed by atoms with van der Waals surface area (Å²) in [7, 11) is 0. The van der Waals surface area contributed by atoms with E-state index in [-0.39, 0.29) is 24.3 Å². The second-order valence-electron chi connectivity index (χ2n) is 4.46. The zero-order valence-electron chi connectivity index (χ0n) is 8.96. The molecule has 0 saturated carbocycles. The van der Waals surface area contributed by atoms with Crippen molar-refractivity contribution in [2.24, 2.45) is 5.92 Å². The summed E-state index contributed by atoms with van der Waals surface area (Å²) in [6, 6.07) is 8.12. The van der Waals surface area contributed by atoms with E-state index in [0.29, 0.717) is 5.92 Å². The van der Waals surface area contributed by atoms with Crippen LogP contribution in [0.3, 0.4) is 0 Å². The van der Waals surface area contributed by atoms with Crippen LogP contribution in [0, 0.1) is 5.92 Å². The Bertz CT molecular complexity index is 292. The molecule has 0 amide bonds. The molecule has 2 heteroatoms. The van der Waals surface area contributed by atoms with Gasteiger partial charge in [0.1, 0.15) is 0 Å². The third-order valence-electron chi connectivity index (χ3n) is 3.10. The predicted molar refractivity (Wildman–Crippen MR) is 65.9 cm³/mol. The molecular formula is C12H20LiN. The SMILES string of the molecule is CC(C)C(C)(C)c1ccccc1N.[LiH]. The van der Waals surface area contributed by atoms with Gasteiger partial charge in [0, 0.05) is 5.69 Å². The number of hydrogen-bond donors (Lipinski definition) is 1. The van der Waals surface area contributed by atoms with Crippen molar-refractivity contribution >= 4 is 24.5 Å². The van der Waals surface area contributed by atoms with Crippen LogP contribution in [0.25, 0.3) is 0 Å². The van der Waals surface area contributed by atoms with Crippen molar-refractivity contribution in [3.63, 3.8) is 0 Å². The van der Waals surface area contributed by atoms with Gasteiger partial charge in [-0.2, -0.15) is 0 Å². The molecule has 0 aliphatic carbocycles. The maximum absolute atomic E-state index is 5.94. The van der Waals surface area contributed by atoms with E-state index in [0.717, 1.165) is 5.69 Å². The van der Waals surface area contributed by atoms with Gasteiger partial charge in [-0.15, -0.1) is 0 Å². The molecule has 2 N–H and O–H groups in total. The zero-order chi connectivity index (χ0) is 10.1. The molecule has 0 saturated heterocycles. The molecule has 14 heavy (non-hydrogen) atoms. The van der Waals surface area contributed by atoms with Gasteiger partial charge in [-0.1, -0.05) is 45.9 Å². The second-order valence-corrected chi connectivity index (χ2v) is 4.46. The second kappa shape index (κ2) is 4.91. The molecule has 0 aliphatic heterocycles. The Morgan fingerprint density at radius 3 is 2.07 bits per heavy atom. The fourth-order valence-corrected chi connectivity index (χ4v) is 1.39. The molecule has 1 rings (SSSR count). The Balaban J connectivity index is 0.00000169. The molecule has 1 aromatic rings. The van der Waals surface area contributed by atoms with E-state index in [4.69, 9.17) is 5.73 Å². The van der Waals surface area contributed by atoms with Gasteiger partial charge in [0.2, 0.25) is 0 Å². The number of anilines is 1. The van der Waals surface area contributed by atoms with Gasteiger partial charge in [-0.25, -0.2) is 0 Å². The molecule has 0 aliphatic rings. The third kappa shape index (κ3) is 2.56. The molecule has 0 aromatic heterocycles. The zero-order valence-corrected chi connectivity index (χ0v) is 8.96. The first-order valence-corrected chi connectivity index (χ1v) is 4.81. The Kier molecular flexibility index (Phi) is 4.78. The summed E-state index contributed by atoms with van der Waals surface area (Å²) in [5.41, 5.74) is 8.26. The van der Waals surface area contributed by atoms with E-state index in [2.05, 4.69) is 39.8 Å². The molecule has 74 valence electrons. The van der Waals surface area contributed by atoms with E-state index in [1.807, 2.05) is 12.1 Å². The fourth-order valence-electron chi connectivity index (χ4n) is 1.39. The van der Waals surface area contributed by atoms with Crippen LogP contribution in [0.2, 0.25) is 0 Å². The molecule has 0 fully saturated rings. The predicted octanol–water partition coefficient (Wildman–Crippen LogP) is 2.55. The first kappa shape index (κ1) is 13.6. The molecule has 0 heterocycles. The standard InChI is InChI=1S/C12H19N.Li.H/c1-9(2)12(3,4)10-7-5-6-8-11(10)13;;/h5-9H,13H2,1-4H3;;. The van der Waals surface area contributed by atoms with Gasteiger partial charge in [0.05, 0.1) is 0 Å². The van der Waals surface area contributed by atoms with Gasteiger partial charge >= 0.3 is 18.9 Å². The number of para-hydroxylation sites is 1. The summed E-state index contributed by atoms with van der Waals surface area (Å²) in [6.45, 7) is 8.94. The van der Waals surface area contributed by atoms with Crippen molar-refractivity contribution in [1.29, 1.82) is 0 Å². The number of benzene rings is 1. The van der Waals surface area contributed by atoms with Crippen molar-refractivity contribution in [3.05, 3.63) is 29.8 Å². The van der Waals surface area contributed by atoms with Crippen LogP contribution in [-0.4, -0.2) is 18.9 Å². The minimum absolute atomic E-state index is 0. The van der Waals surface area contributed by atoms with Crippen molar-refractivity contribution in [1.82, 2.24) is 0 Å². The molecular weight excluding hydrogens is 165 g/mol. The normalized spacial score (nSPS) is 11.2. The van der Waals surface area contributed by atoms with E-state index in [9.17, 15) is 0 Å². The van der Waals surface area contributed by atoms with Crippen LogP contribution in [0.5, 0.6) is 0 Å². The fraction of sp³-hybridized carbons (Fsp3) is 0.500. The van der Waals surface area contributed by atoms with Crippen LogP contribution in [-0.2, 0) is 5.41 Å². The quantitative estimate of drug-likeness (QED) is 0.556. The van der Waals surface area contributed by atoms with Crippen molar-refractivity contribution in [2.45, 2.75) is 33.1 Å². The van der Waals surface area contributed by atoms with Crippen LogP contribution < -0.4 is 5.73 Å². The number of nitrogen functional groups attached to an aromatic ring is 1. The average Bonchev–Trinajstić information content (AvgIpc) is 2.04. The number of rotatable bonds is 2. The Morgan fingerprint density at radius 1 is 1.14 bits per heavy atom. The summed E-state index contributed by atoms with van der Waals surface area (Å²) < 4.78 is 0. The van der Waals surface area contributed by atoms with Gasteiger partial charge in [0.25, 0.3) is 0 Å². The first-order chi connectivity index (χ1) is 5.96. The monoisotopic (exact) mass is 185 g/mol. The molecule has 0 spiro atoms. The van der Waals surface area contributed by atoms with Crippen molar-refractivity contribution in [3.8, 4) is 0 Å². The Hall–Kier alpha value is -0.383. The molecule has 1 aromatic carbocycles. The van der Waals surface area contributed by atoms with Crippen molar-refractivity contribution < 1.29 is 0 Å². The Labute approximate surface area is 99.3 Å². The molecule has 0 radical (unpaired) electrons. The summed E-state index contributed by atoms with van der Waals surface area (Å²) in [6.07, 6.45) is 0. The Morgan fingerprint density at radius 2 is 1.64 bits per heavy atom. The van der Waals surface area contributed by atoms with E-state index in [1.54, 1.807) is 0 Å². The van der Waals surface area contributed by atoms with E-state index >= 15 is 0 Å². The average molecular weight is 185 g/mol. The van der Waals surface area contributed by atoms with Gasteiger partial charge in [-0.3, -0.25) is 0 Å². The van der Waals surface area contributed by atoms with E-state index in [1.165, 1.54) is 5.56 Å². The van der Waals surface area contributed by atoms with Crippen molar-refractivity contribution in [2.75, 3.05) is 5.73 Å². The maximum atomic E-state index is 5.94. The van der Waals surface area contributed by atoms with Gasteiger partial charge in [0.15, 0.2) is 0 Å². The molecule has 1 nitrogen and oxygen atoms in total. The summed E-state index contributed by atoms with van der Waals surface area (Å²) in [5.74, 6) is 0.595. The van der Waals surface area contributed by atoms with Gasteiger partial charge in [-0.05, 0) is 23.0 Å². The third-order valence-corrected chi connectivity index (χ3v) is 3.10. The van der Waals surface area contributed by atoms with Crippen LogP contribution in [0.4, 0.5) is 5.69 Å². The molecule has 0 bridgehead atoms. The van der Waals surface area contributed by atoms with Gasteiger partial charge < -0.3 is 5.73 Å².